The van der Waals surface area contributed by atoms with E-state index in [1.54, 1.807) is 14.2 Å². The summed E-state index contributed by atoms with van der Waals surface area (Å²) in [6.45, 7) is 6.10. The number of benzene rings is 1. The fourth-order valence-corrected chi connectivity index (χ4v) is 3.96. The van der Waals surface area contributed by atoms with Crippen LogP contribution in [0.15, 0.2) is 23.2 Å². The molecule has 0 amide bonds. The summed E-state index contributed by atoms with van der Waals surface area (Å²) in [7, 11) is 5.23. The second-order valence-corrected chi connectivity index (χ2v) is 7.71. The Bertz CT molecular complexity index is 646. The lowest BCUT2D eigenvalue weighted by atomic mass is 9.98. The van der Waals surface area contributed by atoms with Crippen molar-refractivity contribution in [1.82, 2.24) is 10.2 Å². The molecule has 0 radical (unpaired) electrons. The minimum atomic E-state index is 0. The summed E-state index contributed by atoms with van der Waals surface area (Å²) < 4.78 is 22.0. The molecule has 0 bridgehead atoms. The number of rotatable bonds is 9. The van der Waals surface area contributed by atoms with E-state index in [1.165, 1.54) is 5.56 Å². The van der Waals surface area contributed by atoms with Crippen molar-refractivity contribution in [2.45, 2.75) is 25.2 Å². The zero-order chi connectivity index (χ0) is 20.5. The number of likely N-dealkylation sites (tertiary alicyclic amines) is 1. The van der Waals surface area contributed by atoms with Crippen LogP contribution in [-0.2, 0) is 9.47 Å². The molecule has 170 valence electrons. The molecule has 2 atom stereocenters. The Kier molecular flexibility index (Phi) is 11.0. The van der Waals surface area contributed by atoms with Gasteiger partial charge in [-0.05, 0) is 37.0 Å². The van der Waals surface area contributed by atoms with Gasteiger partial charge in [0.15, 0.2) is 5.96 Å². The Balaban J connectivity index is 0.00000320. The van der Waals surface area contributed by atoms with Crippen LogP contribution in [0, 0.1) is 5.92 Å². The van der Waals surface area contributed by atoms with Crippen LogP contribution in [-0.4, -0.2) is 78.2 Å². The molecular weight excluding hydrogens is 497 g/mol. The van der Waals surface area contributed by atoms with Crippen LogP contribution in [0.5, 0.6) is 11.5 Å². The number of ether oxygens (including phenoxy) is 4. The second-order valence-electron chi connectivity index (χ2n) is 7.71. The molecule has 3 rings (SSSR count). The molecule has 1 aromatic rings. The maximum Gasteiger partial charge on any atom is 0.193 e. The first-order valence-electron chi connectivity index (χ1n) is 10.6. The predicted molar refractivity (Wildman–Crippen MR) is 130 cm³/mol. The van der Waals surface area contributed by atoms with Gasteiger partial charge in [-0.25, -0.2) is 0 Å². The van der Waals surface area contributed by atoms with Crippen LogP contribution in [0.4, 0.5) is 0 Å². The van der Waals surface area contributed by atoms with Gasteiger partial charge >= 0.3 is 0 Å². The van der Waals surface area contributed by atoms with E-state index in [9.17, 15) is 0 Å². The highest BCUT2D eigenvalue weighted by molar-refractivity contribution is 14.0. The third kappa shape index (κ3) is 7.16. The Labute approximate surface area is 197 Å². The number of aliphatic imine (C=N–C) groups is 1. The summed E-state index contributed by atoms with van der Waals surface area (Å²) >= 11 is 0. The fourth-order valence-electron chi connectivity index (χ4n) is 3.96. The van der Waals surface area contributed by atoms with E-state index in [1.807, 2.05) is 13.1 Å². The van der Waals surface area contributed by atoms with Crippen molar-refractivity contribution < 1.29 is 18.9 Å². The van der Waals surface area contributed by atoms with Gasteiger partial charge in [0, 0.05) is 57.8 Å². The highest BCUT2D eigenvalue weighted by Crippen LogP contribution is 2.32. The molecule has 1 aromatic carbocycles. The van der Waals surface area contributed by atoms with Crippen LogP contribution in [0.1, 0.15) is 30.7 Å². The molecule has 2 unspecified atom stereocenters. The third-order valence-corrected chi connectivity index (χ3v) is 5.67. The van der Waals surface area contributed by atoms with Crippen molar-refractivity contribution in [3.8, 4) is 11.5 Å². The molecule has 2 aliphatic heterocycles. The third-order valence-electron chi connectivity index (χ3n) is 5.67. The van der Waals surface area contributed by atoms with Gasteiger partial charge in [0.2, 0.25) is 0 Å². The van der Waals surface area contributed by atoms with Crippen LogP contribution >= 0.6 is 24.0 Å². The normalized spacial score (nSPS) is 21.4. The first-order chi connectivity index (χ1) is 14.2. The fraction of sp³-hybridized carbons (Fsp3) is 0.682. The molecule has 8 heteroatoms. The molecule has 1 N–H and O–H groups in total. The quantitative estimate of drug-likeness (QED) is 0.228. The second kappa shape index (κ2) is 13.2. The molecule has 0 spiro atoms. The van der Waals surface area contributed by atoms with Gasteiger partial charge in [-0.3, -0.25) is 4.99 Å². The standard InChI is InChI=1S/C22H35N3O4.HI/c1-23-22(24-7-4-9-28-15-17-6-10-29-16-17)25-8-5-18(14-25)19-11-20(26-2)13-21(12-19)27-3;/h11-13,17-18H,4-10,14-16H2,1-3H3,(H,23,24);1H. The summed E-state index contributed by atoms with van der Waals surface area (Å²) in [5.41, 5.74) is 1.25. The average molecular weight is 533 g/mol. The molecule has 0 saturated carbocycles. The first-order valence-corrected chi connectivity index (χ1v) is 10.6. The van der Waals surface area contributed by atoms with Crippen LogP contribution in [0.25, 0.3) is 0 Å². The minimum absolute atomic E-state index is 0. The summed E-state index contributed by atoms with van der Waals surface area (Å²) in [6.07, 6.45) is 3.18. The lowest BCUT2D eigenvalue weighted by Gasteiger charge is -2.22. The number of nitrogens with one attached hydrogen (secondary N) is 1. The number of hydrogen-bond acceptors (Lipinski definition) is 5. The maximum absolute atomic E-state index is 5.78. The van der Waals surface area contributed by atoms with E-state index >= 15 is 0 Å². The highest BCUT2D eigenvalue weighted by Gasteiger charge is 2.26. The largest absolute Gasteiger partial charge is 0.497 e. The Morgan fingerprint density at radius 2 is 1.97 bits per heavy atom. The van der Waals surface area contributed by atoms with Crippen molar-refractivity contribution >= 4 is 29.9 Å². The van der Waals surface area contributed by atoms with Crippen molar-refractivity contribution in [2.24, 2.45) is 10.9 Å². The van der Waals surface area contributed by atoms with Gasteiger partial charge in [-0.1, -0.05) is 0 Å². The van der Waals surface area contributed by atoms with E-state index in [4.69, 9.17) is 18.9 Å². The number of methoxy groups -OCH3 is 2. The molecule has 0 aliphatic carbocycles. The summed E-state index contributed by atoms with van der Waals surface area (Å²) in [6, 6.07) is 6.14. The van der Waals surface area contributed by atoms with Crippen molar-refractivity contribution in [1.29, 1.82) is 0 Å². The molecule has 2 heterocycles. The zero-order valence-corrected chi connectivity index (χ0v) is 20.7. The van der Waals surface area contributed by atoms with Crippen molar-refractivity contribution in [2.75, 3.05) is 67.3 Å². The van der Waals surface area contributed by atoms with E-state index in [0.717, 1.165) is 82.8 Å². The van der Waals surface area contributed by atoms with Gasteiger partial charge in [-0.2, -0.15) is 0 Å². The number of guanidine groups is 1. The summed E-state index contributed by atoms with van der Waals surface area (Å²) in [5.74, 6) is 3.66. The minimum Gasteiger partial charge on any atom is -0.497 e. The summed E-state index contributed by atoms with van der Waals surface area (Å²) in [5, 5.41) is 3.48. The Hall–Kier alpha value is -1.26. The molecule has 30 heavy (non-hydrogen) atoms. The van der Waals surface area contributed by atoms with E-state index in [0.29, 0.717) is 11.8 Å². The van der Waals surface area contributed by atoms with E-state index in [-0.39, 0.29) is 24.0 Å². The molecule has 0 aromatic heterocycles. The van der Waals surface area contributed by atoms with Gasteiger partial charge in [0.05, 0.1) is 27.4 Å². The topological polar surface area (TPSA) is 64.6 Å². The van der Waals surface area contributed by atoms with Crippen molar-refractivity contribution in [3.63, 3.8) is 0 Å². The van der Waals surface area contributed by atoms with Crippen LogP contribution in [0.2, 0.25) is 0 Å². The smallest absolute Gasteiger partial charge is 0.193 e. The van der Waals surface area contributed by atoms with Crippen LogP contribution < -0.4 is 14.8 Å². The summed E-state index contributed by atoms with van der Waals surface area (Å²) in [4.78, 5) is 6.80. The van der Waals surface area contributed by atoms with Crippen molar-refractivity contribution in [3.05, 3.63) is 23.8 Å². The lowest BCUT2D eigenvalue weighted by molar-refractivity contribution is 0.0887. The van der Waals surface area contributed by atoms with Gasteiger partial charge in [0.25, 0.3) is 0 Å². The number of nitrogens with zero attached hydrogens (tertiary/aromatic N) is 2. The Morgan fingerprint density at radius 1 is 1.20 bits per heavy atom. The van der Waals surface area contributed by atoms with Gasteiger partial charge in [0.1, 0.15) is 11.5 Å². The van der Waals surface area contributed by atoms with Gasteiger partial charge in [-0.15, -0.1) is 24.0 Å². The zero-order valence-electron chi connectivity index (χ0n) is 18.4. The molecule has 7 nitrogen and oxygen atoms in total. The highest BCUT2D eigenvalue weighted by atomic mass is 127. The molecule has 2 fully saturated rings. The SMILES string of the molecule is CN=C(NCCCOCC1CCOC1)N1CCC(c2cc(OC)cc(OC)c2)C1.I. The van der Waals surface area contributed by atoms with Crippen LogP contribution in [0.3, 0.4) is 0 Å². The van der Waals surface area contributed by atoms with E-state index in [2.05, 4.69) is 27.3 Å². The lowest BCUT2D eigenvalue weighted by Crippen LogP contribution is -2.40. The maximum atomic E-state index is 5.78. The van der Waals surface area contributed by atoms with E-state index < -0.39 is 0 Å². The first kappa shape index (κ1) is 25.0. The predicted octanol–water partition coefficient (Wildman–Crippen LogP) is 3.13. The number of hydrogen-bond donors (Lipinski definition) is 1. The Morgan fingerprint density at radius 3 is 2.60 bits per heavy atom. The number of halogens is 1. The molecule has 2 aliphatic rings. The monoisotopic (exact) mass is 533 g/mol. The molecule has 2 saturated heterocycles. The molecular formula is C22H36IN3O4. The average Bonchev–Trinajstić information content (AvgIpc) is 3.45. The van der Waals surface area contributed by atoms with Gasteiger partial charge < -0.3 is 29.2 Å².